The zero-order valence-corrected chi connectivity index (χ0v) is 14.3. The Morgan fingerprint density at radius 1 is 1.25 bits per heavy atom. The molecule has 2 aliphatic rings. The average molecular weight is 330 g/mol. The fraction of sp³-hybridized carbons (Fsp3) is 0.579. The standard InChI is InChI=1S/C19H26N2O3/c1-2-24-18(23)21-13-6-8-15(14-21)17(22)20-19(11-7-12-19)16-9-4-3-5-10-16/h3-5,9-10,15H,2,6-8,11-14H2,1H3,(H,20,22). The van der Waals surface area contributed by atoms with E-state index >= 15 is 0 Å². The molecule has 1 N–H and O–H groups in total. The van der Waals surface area contributed by atoms with Crippen LogP contribution in [0.5, 0.6) is 0 Å². The number of nitrogens with one attached hydrogen (secondary N) is 1. The molecule has 0 spiro atoms. The van der Waals surface area contributed by atoms with E-state index < -0.39 is 0 Å². The van der Waals surface area contributed by atoms with Crippen LogP contribution in [0, 0.1) is 5.92 Å². The molecule has 1 aromatic rings. The predicted octanol–water partition coefficient (Wildman–Crippen LogP) is 3.05. The van der Waals surface area contributed by atoms with Gasteiger partial charge in [-0.3, -0.25) is 4.79 Å². The molecule has 1 aliphatic heterocycles. The Kier molecular flexibility index (Phi) is 5.07. The number of benzene rings is 1. The predicted molar refractivity (Wildman–Crippen MR) is 91.4 cm³/mol. The molecule has 0 aromatic heterocycles. The minimum Gasteiger partial charge on any atom is -0.450 e. The van der Waals surface area contributed by atoms with E-state index in [1.807, 2.05) is 18.2 Å². The number of amides is 2. The molecule has 5 heteroatoms. The Morgan fingerprint density at radius 3 is 2.62 bits per heavy atom. The highest BCUT2D eigenvalue weighted by Gasteiger charge is 2.41. The van der Waals surface area contributed by atoms with Crippen LogP contribution in [0.15, 0.2) is 30.3 Å². The molecule has 130 valence electrons. The second-order valence-electron chi connectivity index (χ2n) is 6.78. The third-order valence-electron chi connectivity index (χ3n) is 5.21. The highest BCUT2D eigenvalue weighted by Crippen LogP contribution is 2.41. The van der Waals surface area contributed by atoms with Crippen molar-refractivity contribution in [2.75, 3.05) is 19.7 Å². The summed E-state index contributed by atoms with van der Waals surface area (Å²) in [6.07, 6.45) is 4.46. The molecule has 5 nitrogen and oxygen atoms in total. The van der Waals surface area contributed by atoms with E-state index in [0.29, 0.717) is 19.7 Å². The number of nitrogens with zero attached hydrogens (tertiary/aromatic N) is 1. The molecular weight excluding hydrogens is 304 g/mol. The van der Waals surface area contributed by atoms with Crippen LogP contribution < -0.4 is 5.32 Å². The molecule has 1 saturated heterocycles. The third kappa shape index (κ3) is 3.40. The van der Waals surface area contributed by atoms with E-state index in [-0.39, 0.29) is 23.5 Å². The van der Waals surface area contributed by atoms with Crippen LogP contribution in [0.3, 0.4) is 0 Å². The van der Waals surface area contributed by atoms with Crippen molar-refractivity contribution in [3.63, 3.8) is 0 Å². The summed E-state index contributed by atoms with van der Waals surface area (Å²) in [6, 6.07) is 10.2. The van der Waals surface area contributed by atoms with Crippen molar-refractivity contribution < 1.29 is 14.3 Å². The summed E-state index contributed by atoms with van der Waals surface area (Å²) in [7, 11) is 0. The minimum atomic E-state index is -0.309. The fourth-order valence-electron chi connectivity index (χ4n) is 3.68. The van der Waals surface area contributed by atoms with Gasteiger partial charge in [-0.15, -0.1) is 0 Å². The maximum Gasteiger partial charge on any atom is 0.409 e. The van der Waals surface area contributed by atoms with Gasteiger partial charge in [0.1, 0.15) is 0 Å². The highest BCUT2D eigenvalue weighted by atomic mass is 16.6. The average Bonchev–Trinajstić information content (AvgIpc) is 2.59. The van der Waals surface area contributed by atoms with Crippen LogP contribution in [-0.4, -0.2) is 36.6 Å². The monoisotopic (exact) mass is 330 g/mol. The zero-order valence-electron chi connectivity index (χ0n) is 14.3. The van der Waals surface area contributed by atoms with Crippen molar-refractivity contribution in [1.82, 2.24) is 10.2 Å². The lowest BCUT2D eigenvalue weighted by Crippen LogP contribution is -2.54. The van der Waals surface area contributed by atoms with Gasteiger partial charge in [0, 0.05) is 13.1 Å². The number of rotatable bonds is 4. The number of carbonyl (C=O) groups excluding carboxylic acids is 2. The molecule has 0 bridgehead atoms. The normalized spacial score (nSPS) is 22.4. The van der Waals surface area contributed by atoms with Crippen LogP contribution in [0.1, 0.15) is 44.6 Å². The number of ether oxygens (including phenoxy) is 1. The molecule has 1 aromatic carbocycles. The third-order valence-corrected chi connectivity index (χ3v) is 5.21. The zero-order chi connectivity index (χ0) is 17.0. The molecule has 1 saturated carbocycles. The first-order valence-electron chi connectivity index (χ1n) is 8.94. The van der Waals surface area contributed by atoms with Gasteiger partial charge in [-0.05, 0) is 44.6 Å². The molecule has 24 heavy (non-hydrogen) atoms. The number of piperidine rings is 1. The van der Waals surface area contributed by atoms with Gasteiger partial charge in [-0.2, -0.15) is 0 Å². The van der Waals surface area contributed by atoms with Crippen molar-refractivity contribution in [3.05, 3.63) is 35.9 Å². The first-order valence-corrected chi connectivity index (χ1v) is 8.94. The maximum atomic E-state index is 12.8. The van der Waals surface area contributed by atoms with E-state index in [1.54, 1.807) is 11.8 Å². The summed E-state index contributed by atoms with van der Waals surface area (Å²) in [5.74, 6) is -0.0862. The topological polar surface area (TPSA) is 58.6 Å². The van der Waals surface area contributed by atoms with Gasteiger partial charge in [0.05, 0.1) is 18.1 Å². The van der Waals surface area contributed by atoms with Crippen LogP contribution in [-0.2, 0) is 15.1 Å². The molecule has 3 rings (SSSR count). The Hall–Kier alpha value is -2.04. The number of carbonyl (C=O) groups is 2. The second-order valence-corrected chi connectivity index (χ2v) is 6.78. The smallest absolute Gasteiger partial charge is 0.409 e. The van der Waals surface area contributed by atoms with Crippen LogP contribution in [0.2, 0.25) is 0 Å². The van der Waals surface area contributed by atoms with E-state index in [1.165, 1.54) is 5.56 Å². The van der Waals surface area contributed by atoms with E-state index in [0.717, 1.165) is 32.1 Å². The molecule has 1 heterocycles. The Labute approximate surface area is 143 Å². The molecule has 1 aliphatic carbocycles. The summed E-state index contributed by atoms with van der Waals surface area (Å²) in [5.41, 5.74) is 0.965. The highest BCUT2D eigenvalue weighted by molar-refractivity contribution is 5.81. The number of likely N-dealkylation sites (tertiary alicyclic amines) is 1. The summed E-state index contributed by atoms with van der Waals surface area (Å²) in [4.78, 5) is 26.4. The Balaban J connectivity index is 1.65. The first kappa shape index (κ1) is 16.8. The SMILES string of the molecule is CCOC(=O)N1CCCC(C(=O)NC2(c3ccccc3)CCC2)C1. The maximum absolute atomic E-state index is 12.8. The fourth-order valence-corrected chi connectivity index (χ4v) is 3.68. The second kappa shape index (κ2) is 7.24. The lowest BCUT2D eigenvalue weighted by Gasteiger charge is -2.44. The Bertz CT molecular complexity index is 584. The molecule has 2 amide bonds. The molecule has 0 radical (unpaired) electrons. The largest absolute Gasteiger partial charge is 0.450 e. The summed E-state index contributed by atoms with van der Waals surface area (Å²) in [5, 5.41) is 3.29. The van der Waals surface area contributed by atoms with Crippen LogP contribution in [0.25, 0.3) is 0 Å². The van der Waals surface area contributed by atoms with Gasteiger partial charge in [0.2, 0.25) is 5.91 Å². The van der Waals surface area contributed by atoms with Crippen molar-refractivity contribution in [1.29, 1.82) is 0 Å². The van der Waals surface area contributed by atoms with Crippen molar-refractivity contribution in [2.24, 2.45) is 5.92 Å². The van der Waals surface area contributed by atoms with Crippen LogP contribution in [0.4, 0.5) is 4.79 Å². The number of hydrogen-bond donors (Lipinski definition) is 1. The van der Waals surface area contributed by atoms with E-state index in [2.05, 4.69) is 17.4 Å². The Morgan fingerprint density at radius 2 is 2.00 bits per heavy atom. The summed E-state index contributed by atoms with van der Waals surface area (Å²) in [6.45, 7) is 3.29. The van der Waals surface area contributed by atoms with Gasteiger partial charge >= 0.3 is 6.09 Å². The lowest BCUT2D eigenvalue weighted by molar-refractivity contribution is -0.129. The summed E-state index contributed by atoms with van der Waals surface area (Å²) >= 11 is 0. The molecule has 2 fully saturated rings. The lowest BCUT2D eigenvalue weighted by atomic mass is 9.71. The van der Waals surface area contributed by atoms with Gasteiger partial charge in [-0.1, -0.05) is 30.3 Å². The molecule has 1 unspecified atom stereocenters. The van der Waals surface area contributed by atoms with Gasteiger partial charge in [0.15, 0.2) is 0 Å². The number of hydrogen-bond acceptors (Lipinski definition) is 3. The van der Waals surface area contributed by atoms with Gasteiger partial charge < -0.3 is 15.0 Å². The quantitative estimate of drug-likeness (QED) is 0.923. The van der Waals surface area contributed by atoms with E-state index in [9.17, 15) is 9.59 Å². The van der Waals surface area contributed by atoms with E-state index in [4.69, 9.17) is 4.74 Å². The first-order chi connectivity index (χ1) is 11.6. The molecular formula is C19H26N2O3. The van der Waals surface area contributed by atoms with Crippen LogP contribution >= 0.6 is 0 Å². The molecule has 1 atom stereocenters. The van der Waals surface area contributed by atoms with Crippen molar-refractivity contribution in [3.8, 4) is 0 Å². The van der Waals surface area contributed by atoms with Crippen molar-refractivity contribution >= 4 is 12.0 Å². The van der Waals surface area contributed by atoms with Gasteiger partial charge in [0.25, 0.3) is 0 Å². The minimum absolute atomic E-state index is 0.0625. The van der Waals surface area contributed by atoms with Crippen molar-refractivity contribution in [2.45, 2.75) is 44.6 Å². The van der Waals surface area contributed by atoms with Gasteiger partial charge in [-0.25, -0.2) is 4.79 Å². The summed E-state index contributed by atoms with van der Waals surface area (Å²) < 4.78 is 5.07.